The molecule has 0 aliphatic heterocycles. The second-order valence-corrected chi connectivity index (χ2v) is 6.63. The summed E-state index contributed by atoms with van der Waals surface area (Å²) in [6, 6.07) is 9.91. The highest BCUT2D eigenvalue weighted by molar-refractivity contribution is 9.11. The molecular formula is C16H16Br2FN. The largest absolute Gasteiger partial charge is 0.309 e. The molecule has 0 aromatic heterocycles. The van der Waals surface area contributed by atoms with Crippen LogP contribution in [0.3, 0.4) is 0 Å². The van der Waals surface area contributed by atoms with E-state index in [0.29, 0.717) is 11.1 Å². The molecule has 0 fully saturated rings. The third-order valence-electron chi connectivity index (χ3n) is 3.35. The fourth-order valence-electron chi connectivity index (χ4n) is 2.38. The van der Waals surface area contributed by atoms with Crippen molar-refractivity contribution in [1.29, 1.82) is 0 Å². The first kappa shape index (κ1) is 15.7. The Morgan fingerprint density at radius 2 is 1.65 bits per heavy atom. The predicted octanol–water partition coefficient (Wildman–Crippen LogP) is 5.28. The van der Waals surface area contributed by atoms with Crippen molar-refractivity contribution < 1.29 is 4.39 Å². The first-order valence-electron chi connectivity index (χ1n) is 6.33. The summed E-state index contributed by atoms with van der Waals surface area (Å²) in [5.74, 6) is -0.126. The minimum atomic E-state index is -0.126. The molecule has 0 aliphatic carbocycles. The molecule has 0 radical (unpaired) electrons. The minimum absolute atomic E-state index is 0.0236. The van der Waals surface area contributed by atoms with Crippen LogP contribution in [-0.4, -0.2) is 7.05 Å². The molecule has 1 atom stereocenters. The van der Waals surface area contributed by atoms with Crippen molar-refractivity contribution in [1.82, 2.24) is 5.32 Å². The molecule has 20 heavy (non-hydrogen) atoms. The normalized spacial score (nSPS) is 12.5. The van der Waals surface area contributed by atoms with Gasteiger partial charge < -0.3 is 5.32 Å². The van der Waals surface area contributed by atoms with E-state index in [0.717, 1.165) is 20.1 Å². The fourth-order valence-corrected chi connectivity index (χ4v) is 3.66. The van der Waals surface area contributed by atoms with E-state index in [1.807, 2.05) is 31.3 Å². The van der Waals surface area contributed by atoms with Crippen LogP contribution in [0, 0.1) is 19.7 Å². The Labute approximate surface area is 135 Å². The number of hydrogen-bond acceptors (Lipinski definition) is 1. The zero-order valence-electron chi connectivity index (χ0n) is 11.6. The van der Waals surface area contributed by atoms with Crippen LogP contribution >= 0.6 is 31.9 Å². The molecule has 0 spiro atoms. The standard InChI is InChI=1S/C16H16Br2FN/c1-9-6-11(7-10(2)15(9)19)16(20-3)13-5-4-12(17)8-14(13)18/h4-8,16,20H,1-3H3. The number of halogens is 3. The molecule has 1 N–H and O–H groups in total. The van der Waals surface area contributed by atoms with Gasteiger partial charge in [-0.05, 0) is 55.3 Å². The summed E-state index contributed by atoms with van der Waals surface area (Å²) < 4.78 is 15.8. The molecular weight excluding hydrogens is 385 g/mol. The molecule has 0 saturated carbocycles. The van der Waals surface area contributed by atoms with Crippen molar-refractivity contribution in [2.45, 2.75) is 19.9 Å². The van der Waals surface area contributed by atoms with Gasteiger partial charge >= 0.3 is 0 Å². The average Bonchev–Trinajstić information content (AvgIpc) is 2.39. The highest BCUT2D eigenvalue weighted by atomic mass is 79.9. The van der Waals surface area contributed by atoms with Gasteiger partial charge in [-0.3, -0.25) is 0 Å². The van der Waals surface area contributed by atoms with Crippen molar-refractivity contribution in [2.75, 3.05) is 7.05 Å². The second-order valence-electron chi connectivity index (χ2n) is 4.86. The van der Waals surface area contributed by atoms with Gasteiger partial charge in [0, 0.05) is 8.95 Å². The van der Waals surface area contributed by atoms with E-state index in [4.69, 9.17) is 0 Å². The Bertz CT molecular complexity index is 617. The summed E-state index contributed by atoms with van der Waals surface area (Å²) in [6.07, 6.45) is 0. The summed E-state index contributed by atoms with van der Waals surface area (Å²) in [5.41, 5.74) is 3.54. The van der Waals surface area contributed by atoms with Gasteiger partial charge in [-0.1, -0.05) is 50.1 Å². The summed E-state index contributed by atoms with van der Waals surface area (Å²) in [6.45, 7) is 3.60. The van der Waals surface area contributed by atoms with Gasteiger partial charge in [0.25, 0.3) is 0 Å². The lowest BCUT2D eigenvalue weighted by molar-refractivity contribution is 0.604. The molecule has 2 aromatic carbocycles. The average molecular weight is 401 g/mol. The zero-order valence-corrected chi connectivity index (χ0v) is 14.8. The van der Waals surface area contributed by atoms with Gasteiger partial charge in [0.2, 0.25) is 0 Å². The van der Waals surface area contributed by atoms with Crippen molar-refractivity contribution >= 4 is 31.9 Å². The molecule has 2 aromatic rings. The Morgan fingerprint density at radius 1 is 1.05 bits per heavy atom. The Hall–Kier alpha value is -0.710. The molecule has 0 saturated heterocycles. The van der Waals surface area contributed by atoms with Gasteiger partial charge in [0.15, 0.2) is 0 Å². The van der Waals surface area contributed by atoms with E-state index < -0.39 is 0 Å². The maximum absolute atomic E-state index is 13.8. The van der Waals surface area contributed by atoms with Crippen LogP contribution in [0.5, 0.6) is 0 Å². The number of benzene rings is 2. The number of hydrogen-bond donors (Lipinski definition) is 1. The molecule has 2 rings (SSSR count). The highest BCUT2D eigenvalue weighted by Crippen LogP contribution is 2.32. The maximum atomic E-state index is 13.8. The van der Waals surface area contributed by atoms with E-state index in [-0.39, 0.29) is 11.9 Å². The van der Waals surface area contributed by atoms with E-state index in [1.54, 1.807) is 13.8 Å². The van der Waals surface area contributed by atoms with Crippen molar-refractivity contribution in [3.05, 3.63) is 67.3 Å². The minimum Gasteiger partial charge on any atom is -0.309 e. The molecule has 1 unspecified atom stereocenters. The number of nitrogens with one attached hydrogen (secondary N) is 1. The predicted molar refractivity (Wildman–Crippen MR) is 88.6 cm³/mol. The molecule has 4 heteroatoms. The summed E-state index contributed by atoms with van der Waals surface area (Å²) in [7, 11) is 1.91. The SMILES string of the molecule is CNC(c1cc(C)c(F)c(C)c1)c1ccc(Br)cc1Br. The summed E-state index contributed by atoms with van der Waals surface area (Å²) in [5, 5.41) is 3.30. The van der Waals surface area contributed by atoms with Crippen LogP contribution < -0.4 is 5.32 Å². The smallest absolute Gasteiger partial charge is 0.129 e. The quantitative estimate of drug-likeness (QED) is 0.739. The molecule has 0 aliphatic rings. The summed E-state index contributed by atoms with van der Waals surface area (Å²) in [4.78, 5) is 0. The fraction of sp³-hybridized carbons (Fsp3) is 0.250. The van der Waals surface area contributed by atoms with Crippen LogP contribution in [0.2, 0.25) is 0 Å². The highest BCUT2D eigenvalue weighted by Gasteiger charge is 2.17. The Balaban J connectivity index is 2.52. The van der Waals surface area contributed by atoms with Crippen molar-refractivity contribution in [2.24, 2.45) is 0 Å². The first-order valence-corrected chi connectivity index (χ1v) is 7.91. The van der Waals surface area contributed by atoms with E-state index >= 15 is 0 Å². The van der Waals surface area contributed by atoms with Crippen LogP contribution in [0.15, 0.2) is 39.3 Å². The van der Waals surface area contributed by atoms with Gasteiger partial charge in [0.1, 0.15) is 5.82 Å². The lowest BCUT2D eigenvalue weighted by atomic mass is 9.95. The molecule has 0 heterocycles. The molecule has 0 bridgehead atoms. The zero-order chi connectivity index (χ0) is 14.9. The summed E-state index contributed by atoms with van der Waals surface area (Å²) >= 11 is 7.05. The third-order valence-corrected chi connectivity index (χ3v) is 4.53. The van der Waals surface area contributed by atoms with E-state index in [9.17, 15) is 4.39 Å². The van der Waals surface area contributed by atoms with Crippen molar-refractivity contribution in [3.63, 3.8) is 0 Å². The monoisotopic (exact) mass is 399 g/mol. The van der Waals surface area contributed by atoms with Gasteiger partial charge in [0.05, 0.1) is 6.04 Å². The second kappa shape index (κ2) is 6.37. The third kappa shape index (κ3) is 3.13. The van der Waals surface area contributed by atoms with Gasteiger partial charge in [-0.15, -0.1) is 0 Å². The lowest BCUT2D eigenvalue weighted by Crippen LogP contribution is -2.18. The van der Waals surface area contributed by atoms with Crippen LogP contribution in [0.1, 0.15) is 28.3 Å². The van der Waals surface area contributed by atoms with Gasteiger partial charge in [-0.2, -0.15) is 0 Å². The first-order chi connectivity index (χ1) is 9.43. The van der Waals surface area contributed by atoms with Crippen LogP contribution in [-0.2, 0) is 0 Å². The number of rotatable bonds is 3. The van der Waals surface area contributed by atoms with E-state index in [2.05, 4.69) is 43.2 Å². The maximum Gasteiger partial charge on any atom is 0.129 e. The number of aryl methyl sites for hydroxylation is 2. The van der Waals surface area contributed by atoms with Crippen LogP contribution in [0.25, 0.3) is 0 Å². The molecule has 0 amide bonds. The molecule has 1 nitrogen and oxygen atoms in total. The van der Waals surface area contributed by atoms with E-state index in [1.165, 1.54) is 0 Å². The lowest BCUT2D eigenvalue weighted by Gasteiger charge is -2.20. The Morgan fingerprint density at radius 3 is 2.15 bits per heavy atom. The van der Waals surface area contributed by atoms with Crippen LogP contribution in [0.4, 0.5) is 4.39 Å². The Kier molecular flexibility index (Phi) is 4.99. The van der Waals surface area contributed by atoms with Gasteiger partial charge in [-0.25, -0.2) is 4.39 Å². The topological polar surface area (TPSA) is 12.0 Å². The van der Waals surface area contributed by atoms with Crippen molar-refractivity contribution in [3.8, 4) is 0 Å². The molecule has 106 valence electrons.